The van der Waals surface area contributed by atoms with Crippen molar-refractivity contribution in [3.05, 3.63) is 96.1 Å². The molecule has 9 nitrogen and oxygen atoms in total. The SMILES string of the molecule is O=C(NCC(F)(F)F)C1(CCCCCP(=O)(OCCc2ncc[nH]2)OCCc2ncc[nH]2)c2ccccc2-c2ccccc21. The van der Waals surface area contributed by atoms with Gasteiger partial charge in [-0.15, -0.1) is 0 Å². The van der Waals surface area contributed by atoms with Crippen molar-refractivity contribution in [2.75, 3.05) is 25.9 Å². The van der Waals surface area contributed by atoms with Crippen LogP contribution in [0.2, 0.25) is 0 Å². The van der Waals surface area contributed by atoms with Crippen molar-refractivity contribution in [2.24, 2.45) is 0 Å². The number of aromatic amines is 2. The summed E-state index contributed by atoms with van der Waals surface area (Å²) in [6, 6.07) is 14.7. The predicted molar refractivity (Wildman–Crippen MR) is 159 cm³/mol. The van der Waals surface area contributed by atoms with E-state index >= 15 is 0 Å². The van der Waals surface area contributed by atoms with Gasteiger partial charge in [0.2, 0.25) is 5.91 Å². The van der Waals surface area contributed by atoms with Gasteiger partial charge in [0.25, 0.3) is 0 Å². The summed E-state index contributed by atoms with van der Waals surface area (Å²) >= 11 is 0. The molecular formula is C31H35F3N5O4P. The molecule has 2 aromatic carbocycles. The van der Waals surface area contributed by atoms with Crippen molar-refractivity contribution in [3.8, 4) is 11.1 Å². The zero-order chi connectivity index (χ0) is 31.0. The Hall–Kier alpha value is -3.73. The molecule has 234 valence electrons. The fraction of sp³-hybridized carbons (Fsp3) is 0.387. The van der Waals surface area contributed by atoms with Crippen LogP contribution in [0.3, 0.4) is 0 Å². The van der Waals surface area contributed by atoms with E-state index in [2.05, 4.69) is 25.3 Å². The lowest BCUT2D eigenvalue weighted by molar-refractivity contribution is -0.141. The second-order valence-electron chi connectivity index (χ2n) is 10.7. The van der Waals surface area contributed by atoms with Crippen molar-refractivity contribution >= 4 is 13.5 Å². The van der Waals surface area contributed by atoms with Crippen molar-refractivity contribution in [3.63, 3.8) is 0 Å². The van der Waals surface area contributed by atoms with Gasteiger partial charge < -0.3 is 24.3 Å². The maximum atomic E-state index is 13.7. The third kappa shape index (κ3) is 7.49. The van der Waals surface area contributed by atoms with Gasteiger partial charge in [-0.05, 0) is 35.1 Å². The smallest absolute Gasteiger partial charge is 0.349 e. The van der Waals surface area contributed by atoms with Gasteiger partial charge in [-0.25, -0.2) is 9.97 Å². The number of imidazole rings is 2. The number of fused-ring (bicyclic) bond motifs is 3. The Morgan fingerprint density at radius 3 is 1.89 bits per heavy atom. The maximum absolute atomic E-state index is 13.7. The molecule has 0 spiro atoms. The molecule has 5 rings (SSSR count). The van der Waals surface area contributed by atoms with E-state index in [1.165, 1.54) is 0 Å². The van der Waals surface area contributed by atoms with Crippen LogP contribution in [0.25, 0.3) is 11.1 Å². The highest BCUT2D eigenvalue weighted by molar-refractivity contribution is 7.53. The van der Waals surface area contributed by atoms with Crippen molar-refractivity contribution < 1.29 is 31.6 Å². The summed E-state index contributed by atoms with van der Waals surface area (Å²) in [7, 11) is -3.48. The number of nitrogens with one attached hydrogen (secondary N) is 3. The minimum atomic E-state index is -4.54. The van der Waals surface area contributed by atoms with Crippen LogP contribution < -0.4 is 5.32 Å². The van der Waals surface area contributed by atoms with Gasteiger partial charge in [-0.1, -0.05) is 61.4 Å². The zero-order valence-electron chi connectivity index (χ0n) is 24.1. The van der Waals surface area contributed by atoms with Gasteiger partial charge >= 0.3 is 13.8 Å². The summed E-state index contributed by atoms with van der Waals surface area (Å²) in [5, 5.41) is 2.16. The Kier molecular flexibility index (Phi) is 10.0. The first-order valence-corrected chi connectivity index (χ1v) is 16.3. The van der Waals surface area contributed by atoms with E-state index in [4.69, 9.17) is 9.05 Å². The molecule has 0 atom stereocenters. The molecule has 3 N–H and O–H groups in total. The molecule has 0 radical (unpaired) electrons. The number of hydrogen-bond acceptors (Lipinski definition) is 6. The molecular weight excluding hydrogens is 594 g/mol. The lowest BCUT2D eigenvalue weighted by Gasteiger charge is -2.31. The summed E-state index contributed by atoms with van der Waals surface area (Å²) in [5.74, 6) is 0.733. The van der Waals surface area contributed by atoms with E-state index in [1.807, 2.05) is 36.4 Å². The number of unbranched alkanes of at least 4 members (excludes halogenated alkanes) is 2. The second kappa shape index (κ2) is 13.9. The number of carbonyl (C=O) groups is 1. The van der Waals surface area contributed by atoms with Crippen LogP contribution in [-0.4, -0.2) is 57.9 Å². The summed E-state index contributed by atoms with van der Waals surface area (Å²) in [6.07, 6.45) is 4.98. The second-order valence-corrected chi connectivity index (χ2v) is 12.9. The molecule has 0 aliphatic heterocycles. The summed E-state index contributed by atoms with van der Waals surface area (Å²) in [6.45, 7) is -1.10. The van der Waals surface area contributed by atoms with Crippen LogP contribution in [0, 0.1) is 0 Å². The van der Waals surface area contributed by atoms with Crippen LogP contribution >= 0.6 is 7.60 Å². The quantitative estimate of drug-likeness (QED) is 0.0981. The minimum absolute atomic E-state index is 0.154. The normalized spacial score (nSPS) is 13.9. The van der Waals surface area contributed by atoms with Gasteiger partial charge in [-0.2, -0.15) is 13.2 Å². The van der Waals surface area contributed by atoms with E-state index in [0.29, 0.717) is 54.9 Å². The van der Waals surface area contributed by atoms with Crippen LogP contribution in [0.4, 0.5) is 13.2 Å². The third-order valence-corrected chi connectivity index (χ3v) is 9.76. The lowest BCUT2D eigenvalue weighted by Crippen LogP contribution is -2.47. The summed E-state index contributed by atoms with van der Waals surface area (Å²) < 4.78 is 64.7. The zero-order valence-corrected chi connectivity index (χ0v) is 25.0. The highest BCUT2D eigenvalue weighted by Gasteiger charge is 2.49. The van der Waals surface area contributed by atoms with Crippen LogP contribution in [0.1, 0.15) is 48.5 Å². The first-order valence-electron chi connectivity index (χ1n) is 14.6. The average Bonchev–Trinajstić information content (AvgIpc) is 3.77. The topological polar surface area (TPSA) is 122 Å². The molecule has 44 heavy (non-hydrogen) atoms. The minimum Gasteiger partial charge on any atom is -0.349 e. The van der Waals surface area contributed by atoms with E-state index in [-0.39, 0.29) is 25.8 Å². The maximum Gasteiger partial charge on any atom is 0.405 e. The summed E-state index contributed by atoms with van der Waals surface area (Å²) in [5.41, 5.74) is 1.78. The molecule has 0 saturated heterocycles. The monoisotopic (exact) mass is 629 g/mol. The number of nitrogens with zero attached hydrogens (tertiary/aromatic N) is 2. The fourth-order valence-corrected chi connectivity index (χ4v) is 7.44. The van der Waals surface area contributed by atoms with Gasteiger partial charge in [0.1, 0.15) is 23.6 Å². The standard InChI is InChI=1S/C31H35F3N5O4P/c32-31(33,34)22-39-29(40)30(25-10-4-2-8-23(25)24-9-3-5-11-26(24)30)14-6-1-7-21-44(41,42-19-12-27-35-15-16-36-27)43-20-13-28-37-17-18-38-28/h2-5,8-11,15-18H,1,6-7,12-14,19-22H2,(H,35,36)(H,37,38)(H,39,40). The number of halogens is 3. The van der Waals surface area contributed by atoms with Gasteiger partial charge in [-0.3, -0.25) is 9.36 Å². The third-order valence-electron chi connectivity index (χ3n) is 7.75. The van der Waals surface area contributed by atoms with Gasteiger partial charge in [0.05, 0.1) is 19.4 Å². The first kappa shape index (κ1) is 31.7. The molecule has 0 bridgehead atoms. The fourth-order valence-electron chi connectivity index (χ4n) is 5.76. The Bertz CT molecular complexity index is 1470. The number of alkyl halides is 3. The molecule has 0 fully saturated rings. The van der Waals surface area contributed by atoms with Crippen molar-refractivity contribution in [1.82, 2.24) is 25.3 Å². The molecule has 2 heterocycles. The molecule has 1 aliphatic carbocycles. The molecule has 4 aromatic rings. The molecule has 2 aromatic heterocycles. The number of rotatable bonds is 16. The lowest BCUT2D eigenvalue weighted by atomic mass is 9.73. The molecule has 1 aliphatic rings. The largest absolute Gasteiger partial charge is 0.405 e. The number of H-pyrrole nitrogens is 2. The highest BCUT2D eigenvalue weighted by Crippen LogP contribution is 2.52. The molecule has 0 saturated carbocycles. The number of amides is 1. The van der Waals surface area contributed by atoms with Crippen molar-refractivity contribution in [1.29, 1.82) is 0 Å². The van der Waals surface area contributed by atoms with E-state index in [9.17, 15) is 22.5 Å². The Labute approximate surface area is 253 Å². The Morgan fingerprint density at radius 1 is 0.841 bits per heavy atom. The predicted octanol–water partition coefficient (Wildman–Crippen LogP) is 6.35. The highest BCUT2D eigenvalue weighted by atomic mass is 31.2. The van der Waals surface area contributed by atoms with Crippen LogP contribution in [0.15, 0.2) is 73.3 Å². The van der Waals surface area contributed by atoms with E-state index in [1.54, 1.807) is 36.9 Å². The number of hydrogen-bond donors (Lipinski definition) is 3. The van der Waals surface area contributed by atoms with E-state index in [0.717, 1.165) is 11.1 Å². The van der Waals surface area contributed by atoms with Crippen LogP contribution in [0.5, 0.6) is 0 Å². The van der Waals surface area contributed by atoms with Gasteiger partial charge in [0, 0.05) is 37.6 Å². The molecule has 13 heteroatoms. The van der Waals surface area contributed by atoms with Gasteiger partial charge in [0.15, 0.2) is 0 Å². The molecule has 1 amide bonds. The average molecular weight is 630 g/mol. The Balaban J connectivity index is 1.26. The Morgan fingerprint density at radius 2 is 1.39 bits per heavy atom. The number of carbonyl (C=O) groups excluding carboxylic acids is 1. The van der Waals surface area contributed by atoms with Crippen molar-refractivity contribution in [2.45, 2.75) is 50.1 Å². The summed E-state index contributed by atoms with van der Waals surface area (Å²) in [4.78, 5) is 28.0. The number of aromatic nitrogens is 4. The first-order chi connectivity index (χ1) is 21.2. The van der Waals surface area contributed by atoms with E-state index < -0.39 is 31.6 Å². The van der Waals surface area contributed by atoms with Crippen LogP contribution in [-0.2, 0) is 36.7 Å². The molecule has 0 unspecified atom stereocenters. The number of benzene rings is 2.